The van der Waals surface area contributed by atoms with Crippen LogP contribution in [0.1, 0.15) is 5.56 Å². The number of nitrogens with zero attached hydrogens (tertiary/aromatic N) is 1. The third-order valence-electron chi connectivity index (χ3n) is 3.45. The van der Waals surface area contributed by atoms with E-state index in [0.717, 1.165) is 22.2 Å². The van der Waals surface area contributed by atoms with Crippen LogP contribution >= 0.6 is 11.6 Å². The molecule has 5 nitrogen and oxygen atoms in total. The van der Waals surface area contributed by atoms with Crippen molar-refractivity contribution >= 4 is 28.6 Å². The van der Waals surface area contributed by atoms with Gasteiger partial charge in [-0.2, -0.15) is 0 Å². The Hall–Kier alpha value is -2.37. The van der Waals surface area contributed by atoms with Gasteiger partial charge in [-0.05, 0) is 36.2 Å². The van der Waals surface area contributed by atoms with Gasteiger partial charge in [-0.1, -0.05) is 29.8 Å². The van der Waals surface area contributed by atoms with Gasteiger partial charge in [0.15, 0.2) is 0 Å². The van der Waals surface area contributed by atoms with Gasteiger partial charge in [0, 0.05) is 5.56 Å². The van der Waals surface area contributed by atoms with Gasteiger partial charge in [0.1, 0.15) is 11.9 Å². The van der Waals surface area contributed by atoms with Gasteiger partial charge in [0.25, 0.3) is 0 Å². The van der Waals surface area contributed by atoms with Crippen LogP contribution in [0.3, 0.4) is 0 Å². The van der Waals surface area contributed by atoms with Crippen molar-refractivity contribution in [3.8, 4) is 11.4 Å². The first-order valence-corrected chi connectivity index (χ1v) is 7.14. The van der Waals surface area contributed by atoms with Crippen molar-refractivity contribution in [2.75, 3.05) is 0 Å². The number of carbonyl (C=O) groups is 1. The number of carboxylic acid groups (broad SMARTS) is 1. The summed E-state index contributed by atoms with van der Waals surface area (Å²) in [6.45, 7) is 0. The Morgan fingerprint density at radius 1 is 1.32 bits per heavy atom. The largest absolute Gasteiger partial charge is 0.480 e. The quantitative estimate of drug-likeness (QED) is 0.690. The second kappa shape index (κ2) is 5.79. The van der Waals surface area contributed by atoms with E-state index in [1.807, 2.05) is 30.3 Å². The summed E-state index contributed by atoms with van der Waals surface area (Å²) in [5, 5.41) is 9.46. The lowest BCUT2D eigenvalue weighted by Gasteiger charge is -2.08. The molecule has 112 valence electrons. The normalized spacial score (nSPS) is 12.5. The summed E-state index contributed by atoms with van der Waals surface area (Å²) in [7, 11) is 0. The van der Waals surface area contributed by atoms with E-state index in [4.69, 9.17) is 22.4 Å². The Morgan fingerprint density at radius 2 is 2.09 bits per heavy atom. The minimum absolute atomic E-state index is 0.236. The summed E-state index contributed by atoms with van der Waals surface area (Å²) in [5.41, 5.74) is 8.88. The second-order valence-electron chi connectivity index (χ2n) is 5.07. The molecule has 1 atom stereocenters. The van der Waals surface area contributed by atoms with Crippen molar-refractivity contribution < 1.29 is 9.90 Å². The zero-order chi connectivity index (χ0) is 15.7. The molecule has 0 fully saturated rings. The molecule has 4 N–H and O–H groups in total. The molecule has 0 aliphatic carbocycles. The van der Waals surface area contributed by atoms with E-state index in [-0.39, 0.29) is 6.42 Å². The molecule has 0 aliphatic heterocycles. The van der Waals surface area contributed by atoms with Crippen molar-refractivity contribution in [3.05, 3.63) is 53.1 Å². The molecule has 3 aromatic rings. The van der Waals surface area contributed by atoms with Crippen molar-refractivity contribution in [2.24, 2.45) is 5.73 Å². The predicted octanol–water partition coefficient (Wildman–Crippen LogP) is 2.84. The monoisotopic (exact) mass is 315 g/mol. The number of hydrogen-bond acceptors (Lipinski definition) is 3. The van der Waals surface area contributed by atoms with Crippen LogP contribution in [-0.4, -0.2) is 27.1 Å². The van der Waals surface area contributed by atoms with E-state index in [9.17, 15) is 4.79 Å². The molecule has 6 heteroatoms. The number of benzene rings is 2. The van der Waals surface area contributed by atoms with Crippen molar-refractivity contribution in [1.29, 1.82) is 0 Å². The predicted molar refractivity (Wildman–Crippen MR) is 85.9 cm³/mol. The first kappa shape index (κ1) is 14.6. The molecular weight excluding hydrogens is 302 g/mol. The number of nitrogens with two attached hydrogens (primary N) is 1. The standard InChI is InChI=1S/C16H14ClN3O2/c17-11-6-5-9(8-12(18)16(21)22)7-10(11)15-19-13-3-1-2-4-14(13)20-15/h1-7,12H,8,18H2,(H,19,20)(H,21,22)/t12-/m0/s1. The molecule has 22 heavy (non-hydrogen) atoms. The summed E-state index contributed by atoms with van der Waals surface area (Å²) < 4.78 is 0. The Bertz CT molecular complexity index is 811. The number of fused-ring (bicyclic) bond motifs is 1. The summed E-state index contributed by atoms with van der Waals surface area (Å²) in [6.07, 6.45) is 0.236. The highest BCUT2D eigenvalue weighted by molar-refractivity contribution is 6.33. The summed E-state index contributed by atoms with van der Waals surface area (Å²) in [5.74, 6) is -0.378. The number of aliphatic carboxylic acids is 1. The average molecular weight is 316 g/mol. The number of aromatic nitrogens is 2. The number of aromatic amines is 1. The molecule has 0 aliphatic rings. The fourth-order valence-corrected chi connectivity index (χ4v) is 2.51. The van der Waals surface area contributed by atoms with E-state index in [2.05, 4.69) is 9.97 Å². The maximum Gasteiger partial charge on any atom is 0.320 e. The fraction of sp³-hybridized carbons (Fsp3) is 0.125. The Labute approximate surface area is 131 Å². The van der Waals surface area contributed by atoms with Gasteiger partial charge < -0.3 is 15.8 Å². The Morgan fingerprint density at radius 3 is 2.82 bits per heavy atom. The lowest BCUT2D eigenvalue weighted by Crippen LogP contribution is -2.32. The highest BCUT2D eigenvalue weighted by atomic mass is 35.5. The van der Waals surface area contributed by atoms with Crippen LogP contribution in [0.15, 0.2) is 42.5 Å². The number of hydrogen-bond donors (Lipinski definition) is 3. The lowest BCUT2D eigenvalue weighted by molar-refractivity contribution is -0.138. The third kappa shape index (κ3) is 2.81. The zero-order valence-electron chi connectivity index (χ0n) is 11.6. The average Bonchev–Trinajstić information content (AvgIpc) is 2.92. The van der Waals surface area contributed by atoms with Crippen LogP contribution in [0.25, 0.3) is 22.4 Å². The molecule has 1 aromatic heterocycles. The zero-order valence-corrected chi connectivity index (χ0v) is 12.3. The van der Waals surface area contributed by atoms with E-state index in [1.165, 1.54) is 0 Å². The van der Waals surface area contributed by atoms with Gasteiger partial charge in [0.2, 0.25) is 0 Å². The molecule has 0 spiro atoms. The highest BCUT2D eigenvalue weighted by Crippen LogP contribution is 2.28. The van der Waals surface area contributed by atoms with E-state index < -0.39 is 12.0 Å². The van der Waals surface area contributed by atoms with Gasteiger partial charge in [-0.15, -0.1) is 0 Å². The lowest BCUT2D eigenvalue weighted by atomic mass is 10.0. The maximum absolute atomic E-state index is 10.9. The molecule has 2 aromatic carbocycles. The highest BCUT2D eigenvalue weighted by Gasteiger charge is 2.15. The SMILES string of the molecule is N[C@@H](Cc1ccc(Cl)c(-c2nc3ccccc3[nH]2)c1)C(=O)O. The summed E-state index contributed by atoms with van der Waals surface area (Å²) in [4.78, 5) is 18.6. The summed E-state index contributed by atoms with van der Waals surface area (Å²) >= 11 is 6.25. The topological polar surface area (TPSA) is 92.0 Å². The van der Waals surface area contributed by atoms with E-state index in [1.54, 1.807) is 12.1 Å². The number of nitrogens with one attached hydrogen (secondary N) is 1. The molecular formula is C16H14ClN3O2. The van der Waals surface area contributed by atoms with Crippen LogP contribution < -0.4 is 5.73 Å². The first-order valence-electron chi connectivity index (χ1n) is 6.76. The van der Waals surface area contributed by atoms with Crippen LogP contribution in [0.4, 0.5) is 0 Å². The van der Waals surface area contributed by atoms with Gasteiger partial charge >= 0.3 is 5.97 Å². The first-order chi connectivity index (χ1) is 10.5. The second-order valence-corrected chi connectivity index (χ2v) is 5.47. The minimum Gasteiger partial charge on any atom is -0.480 e. The van der Waals surface area contributed by atoms with Crippen LogP contribution in [0.5, 0.6) is 0 Å². The molecule has 3 rings (SSSR count). The number of carboxylic acids is 1. The van der Waals surface area contributed by atoms with Crippen molar-refractivity contribution in [1.82, 2.24) is 9.97 Å². The molecule has 0 saturated heterocycles. The molecule has 0 amide bonds. The van der Waals surface area contributed by atoms with Crippen molar-refractivity contribution in [3.63, 3.8) is 0 Å². The number of rotatable bonds is 4. The Balaban J connectivity index is 2.00. The molecule has 0 bridgehead atoms. The van der Waals surface area contributed by atoms with Crippen molar-refractivity contribution in [2.45, 2.75) is 12.5 Å². The van der Waals surface area contributed by atoms with Crippen LogP contribution in [0.2, 0.25) is 5.02 Å². The number of H-pyrrole nitrogens is 1. The number of halogens is 1. The van der Waals surface area contributed by atoms with Gasteiger partial charge in [-0.25, -0.2) is 4.98 Å². The molecule has 0 unspecified atom stereocenters. The Kier molecular flexibility index (Phi) is 3.83. The molecule has 0 radical (unpaired) electrons. The van der Waals surface area contributed by atoms with Gasteiger partial charge in [-0.3, -0.25) is 4.79 Å². The maximum atomic E-state index is 10.9. The minimum atomic E-state index is -1.03. The van der Waals surface area contributed by atoms with Crippen LogP contribution in [0, 0.1) is 0 Å². The van der Waals surface area contributed by atoms with Crippen LogP contribution in [-0.2, 0) is 11.2 Å². The van der Waals surface area contributed by atoms with Gasteiger partial charge in [0.05, 0.1) is 16.1 Å². The summed E-state index contributed by atoms with van der Waals surface area (Å²) in [6, 6.07) is 12.1. The number of imidazole rings is 1. The van der Waals surface area contributed by atoms with E-state index in [0.29, 0.717) is 10.8 Å². The third-order valence-corrected chi connectivity index (χ3v) is 3.78. The fourth-order valence-electron chi connectivity index (χ4n) is 2.30. The molecule has 0 saturated carbocycles. The smallest absolute Gasteiger partial charge is 0.320 e. The molecule has 1 heterocycles. The van der Waals surface area contributed by atoms with E-state index >= 15 is 0 Å². The number of para-hydroxylation sites is 2.